The predicted octanol–water partition coefficient (Wildman–Crippen LogP) is 3.63. The number of carbonyl (C=O) groups excluding carboxylic acids is 1. The number of alkyl halides is 3. The van der Waals surface area contributed by atoms with Gasteiger partial charge in [0.25, 0.3) is 5.91 Å². The first-order valence-electron chi connectivity index (χ1n) is 7.19. The van der Waals surface area contributed by atoms with Crippen LogP contribution in [-0.2, 0) is 6.18 Å². The zero-order valence-electron chi connectivity index (χ0n) is 13.1. The Balaban J connectivity index is 3.33. The van der Waals surface area contributed by atoms with Crippen LogP contribution in [0.3, 0.4) is 0 Å². The number of allylic oxidation sites excluding steroid dienone is 1. The molecule has 4 N–H and O–H groups in total. The Morgan fingerprint density at radius 3 is 2.48 bits per heavy atom. The van der Waals surface area contributed by atoms with Crippen molar-refractivity contribution >= 4 is 17.9 Å². The lowest BCUT2D eigenvalue weighted by atomic mass is 9.97. The van der Waals surface area contributed by atoms with Crippen molar-refractivity contribution in [2.45, 2.75) is 39.3 Å². The molecule has 0 aliphatic carbocycles. The number of benzene rings is 1. The van der Waals surface area contributed by atoms with Gasteiger partial charge < -0.3 is 11.5 Å². The Kier molecular flexibility index (Phi) is 6.36. The van der Waals surface area contributed by atoms with Gasteiger partial charge in [-0.05, 0) is 30.5 Å². The molecule has 23 heavy (non-hydrogen) atoms. The van der Waals surface area contributed by atoms with Crippen LogP contribution in [0.2, 0.25) is 0 Å². The zero-order valence-corrected chi connectivity index (χ0v) is 13.1. The second-order valence-corrected chi connectivity index (χ2v) is 5.14. The van der Waals surface area contributed by atoms with E-state index >= 15 is 0 Å². The third-order valence-electron chi connectivity index (χ3n) is 3.18. The third-order valence-corrected chi connectivity index (χ3v) is 3.18. The number of hydrogen-bond acceptors (Lipinski definition) is 1. The molecule has 0 atom stereocenters. The summed E-state index contributed by atoms with van der Waals surface area (Å²) in [6.45, 7) is 3.54. The Bertz CT molecular complexity index is 630. The summed E-state index contributed by atoms with van der Waals surface area (Å²) in [5.41, 5.74) is 9.55. The molecule has 4 nitrogen and oxygen atoms in total. The highest BCUT2D eigenvalue weighted by atomic mass is 19.4. The fourth-order valence-corrected chi connectivity index (χ4v) is 2.05. The van der Waals surface area contributed by atoms with E-state index in [1.54, 1.807) is 13.0 Å². The van der Waals surface area contributed by atoms with E-state index in [1.807, 2.05) is 6.92 Å². The topological polar surface area (TPSA) is 81.5 Å². The van der Waals surface area contributed by atoms with Crippen molar-refractivity contribution in [3.8, 4) is 0 Å². The normalized spacial score (nSPS) is 11.7. The summed E-state index contributed by atoms with van der Waals surface area (Å²) in [6.07, 6.45) is 1.11. The van der Waals surface area contributed by atoms with Crippen molar-refractivity contribution < 1.29 is 18.0 Å². The van der Waals surface area contributed by atoms with Gasteiger partial charge in [0.1, 0.15) is 0 Å². The second kappa shape index (κ2) is 7.80. The smallest absolute Gasteiger partial charge is 0.370 e. The van der Waals surface area contributed by atoms with Crippen molar-refractivity contribution in [2.75, 3.05) is 0 Å². The van der Waals surface area contributed by atoms with E-state index in [9.17, 15) is 18.0 Å². The molecule has 126 valence electrons. The van der Waals surface area contributed by atoms with E-state index < -0.39 is 23.6 Å². The van der Waals surface area contributed by atoms with Crippen LogP contribution in [0.1, 0.15) is 53.2 Å². The molecule has 0 unspecified atom stereocenters. The number of amides is 1. The Hall–Kier alpha value is -2.31. The maximum absolute atomic E-state index is 13.2. The van der Waals surface area contributed by atoms with Crippen molar-refractivity contribution in [3.63, 3.8) is 0 Å². The molecule has 0 aromatic heterocycles. The first kappa shape index (κ1) is 18.7. The maximum Gasteiger partial charge on any atom is 0.417 e. The van der Waals surface area contributed by atoms with Crippen LogP contribution in [-0.4, -0.2) is 11.9 Å². The standard InChI is InChI=1S/C16H20F3N3O/c1-3-4-5-6-7-11-8-10(2)12(14(23)22-15(20)21)9-13(11)16(17,18)19/h6-9H,3-5H2,1-2H3,(H4,20,21,22,23)/b7-6+. The van der Waals surface area contributed by atoms with Gasteiger partial charge >= 0.3 is 6.18 Å². The highest BCUT2D eigenvalue weighted by Gasteiger charge is 2.34. The van der Waals surface area contributed by atoms with E-state index in [2.05, 4.69) is 4.99 Å². The number of nitrogens with zero attached hydrogens (tertiary/aromatic N) is 1. The van der Waals surface area contributed by atoms with Crippen LogP contribution in [0.5, 0.6) is 0 Å². The van der Waals surface area contributed by atoms with Gasteiger partial charge in [-0.2, -0.15) is 18.2 Å². The first-order chi connectivity index (χ1) is 10.7. The lowest BCUT2D eigenvalue weighted by molar-refractivity contribution is -0.137. The lowest BCUT2D eigenvalue weighted by Gasteiger charge is -2.13. The van der Waals surface area contributed by atoms with Crippen molar-refractivity contribution in [1.82, 2.24) is 0 Å². The Labute approximate surface area is 133 Å². The van der Waals surface area contributed by atoms with Crippen molar-refractivity contribution in [3.05, 3.63) is 40.5 Å². The minimum absolute atomic E-state index is 0.0207. The van der Waals surface area contributed by atoms with E-state index in [0.29, 0.717) is 12.0 Å². The molecule has 1 aromatic carbocycles. The SMILES string of the molecule is CCCC/C=C/c1cc(C)c(C(=O)N=C(N)N)cc1C(F)(F)F. The number of nitrogens with two attached hydrogens (primary N) is 2. The second-order valence-electron chi connectivity index (χ2n) is 5.14. The molecule has 0 spiro atoms. The van der Waals surface area contributed by atoms with Crippen LogP contribution in [0, 0.1) is 6.92 Å². The lowest BCUT2D eigenvalue weighted by Crippen LogP contribution is -2.24. The van der Waals surface area contributed by atoms with Gasteiger partial charge in [0.2, 0.25) is 0 Å². The molecule has 0 aliphatic rings. The molecule has 1 rings (SSSR count). The van der Waals surface area contributed by atoms with E-state index in [-0.39, 0.29) is 11.1 Å². The summed E-state index contributed by atoms with van der Waals surface area (Å²) in [6, 6.07) is 2.12. The van der Waals surface area contributed by atoms with E-state index in [1.165, 1.54) is 12.1 Å². The van der Waals surface area contributed by atoms with Crippen molar-refractivity contribution in [1.29, 1.82) is 0 Å². The summed E-state index contributed by atoms with van der Waals surface area (Å²) >= 11 is 0. The van der Waals surface area contributed by atoms with Gasteiger partial charge in [0.15, 0.2) is 5.96 Å². The number of halogens is 3. The first-order valence-corrected chi connectivity index (χ1v) is 7.19. The van der Waals surface area contributed by atoms with E-state index in [0.717, 1.165) is 18.9 Å². The third kappa shape index (κ3) is 5.43. The van der Waals surface area contributed by atoms with Crippen LogP contribution in [0.25, 0.3) is 6.08 Å². The summed E-state index contributed by atoms with van der Waals surface area (Å²) in [5.74, 6) is -1.39. The van der Waals surface area contributed by atoms with Gasteiger partial charge in [0, 0.05) is 5.56 Å². The van der Waals surface area contributed by atoms with Crippen LogP contribution in [0.4, 0.5) is 13.2 Å². The number of guanidine groups is 1. The summed E-state index contributed by atoms with van der Waals surface area (Å²) in [5, 5.41) is 0. The summed E-state index contributed by atoms with van der Waals surface area (Å²) in [7, 11) is 0. The molecule has 0 fully saturated rings. The van der Waals surface area contributed by atoms with Gasteiger partial charge in [-0.1, -0.05) is 38.0 Å². The quantitative estimate of drug-likeness (QED) is 0.492. The monoisotopic (exact) mass is 327 g/mol. The highest BCUT2D eigenvalue weighted by Crippen LogP contribution is 2.34. The average Bonchev–Trinajstić information content (AvgIpc) is 2.41. The Morgan fingerprint density at radius 2 is 1.96 bits per heavy atom. The number of aryl methyl sites for hydroxylation is 1. The minimum Gasteiger partial charge on any atom is -0.370 e. The molecule has 0 saturated carbocycles. The number of unbranched alkanes of at least 4 members (excludes halogenated alkanes) is 2. The molecule has 0 aliphatic heterocycles. The number of hydrogen-bond donors (Lipinski definition) is 2. The molecule has 0 heterocycles. The minimum atomic E-state index is -4.58. The van der Waals surface area contributed by atoms with E-state index in [4.69, 9.17) is 11.5 Å². The molecular weight excluding hydrogens is 307 g/mol. The average molecular weight is 327 g/mol. The Morgan fingerprint density at radius 1 is 1.30 bits per heavy atom. The van der Waals surface area contributed by atoms with Crippen LogP contribution in [0.15, 0.2) is 23.2 Å². The van der Waals surface area contributed by atoms with Gasteiger partial charge in [-0.15, -0.1) is 0 Å². The molecule has 0 saturated heterocycles. The van der Waals surface area contributed by atoms with Crippen molar-refractivity contribution in [2.24, 2.45) is 16.5 Å². The molecule has 1 amide bonds. The van der Waals surface area contributed by atoms with Gasteiger partial charge in [-0.25, -0.2) is 0 Å². The van der Waals surface area contributed by atoms with Gasteiger partial charge in [0.05, 0.1) is 5.56 Å². The molecule has 1 aromatic rings. The maximum atomic E-state index is 13.2. The number of carbonyl (C=O) groups is 1. The zero-order chi connectivity index (χ0) is 17.6. The predicted molar refractivity (Wildman–Crippen MR) is 84.9 cm³/mol. The summed E-state index contributed by atoms with van der Waals surface area (Å²) < 4.78 is 39.7. The molecule has 7 heteroatoms. The fourth-order valence-electron chi connectivity index (χ4n) is 2.05. The highest BCUT2D eigenvalue weighted by molar-refractivity contribution is 6.03. The van der Waals surface area contributed by atoms with Crippen LogP contribution >= 0.6 is 0 Å². The molecule has 0 bridgehead atoms. The van der Waals surface area contributed by atoms with Crippen LogP contribution < -0.4 is 11.5 Å². The fraction of sp³-hybridized carbons (Fsp3) is 0.375. The van der Waals surface area contributed by atoms with Gasteiger partial charge in [-0.3, -0.25) is 4.79 Å². The number of rotatable bonds is 5. The molecule has 0 radical (unpaired) electrons. The summed E-state index contributed by atoms with van der Waals surface area (Å²) in [4.78, 5) is 15.1. The largest absolute Gasteiger partial charge is 0.417 e. The molecular formula is C16H20F3N3O. The number of aliphatic imine (C=N–C) groups is 1.